The first kappa shape index (κ1) is 16.6. The van der Waals surface area contributed by atoms with Crippen molar-refractivity contribution in [1.82, 2.24) is 5.32 Å². The van der Waals surface area contributed by atoms with E-state index in [1.165, 1.54) is 25.7 Å². The Bertz CT molecular complexity index is 464. The summed E-state index contributed by atoms with van der Waals surface area (Å²) < 4.78 is 11.7. The molecule has 2 rings (SSSR count). The van der Waals surface area contributed by atoms with E-state index in [0.29, 0.717) is 6.54 Å². The van der Waals surface area contributed by atoms with Crippen molar-refractivity contribution in [2.45, 2.75) is 31.7 Å². The number of nitrogens with one attached hydrogen (secondary N) is 1. The average molecular weight is 357 g/mol. The number of hydrogen-bond acceptors (Lipinski definition) is 4. The minimum absolute atomic E-state index is 0.124. The van der Waals surface area contributed by atoms with Crippen LogP contribution in [0.3, 0.4) is 0 Å². The molecule has 21 heavy (non-hydrogen) atoms. The molecular weight excluding hydrogens is 332 g/mol. The highest BCUT2D eigenvalue weighted by Gasteiger charge is 2.21. The van der Waals surface area contributed by atoms with Crippen LogP contribution < -0.4 is 20.5 Å². The number of rotatable bonds is 9. The van der Waals surface area contributed by atoms with Gasteiger partial charge in [-0.2, -0.15) is 0 Å². The third-order valence-corrected chi connectivity index (χ3v) is 4.68. The van der Waals surface area contributed by atoms with E-state index < -0.39 is 0 Å². The zero-order chi connectivity index (χ0) is 15.2. The van der Waals surface area contributed by atoms with Crippen molar-refractivity contribution in [3.63, 3.8) is 0 Å². The summed E-state index contributed by atoms with van der Waals surface area (Å²) in [5.74, 6) is 2.43. The highest BCUT2D eigenvalue weighted by Crippen LogP contribution is 2.36. The number of ether oxygens (including phenoxy) is 2. The van der Waals surface area contributed by atoms with E-state index in [2.05, 4.69) is 21.2 Å². The fourth-order valence-corrected chi connectivity index (χ4v) is 3.13. The highest BCUT2D eigenvalue weighted by molar-refractivity contribution is 9.10. The van der Waals surface area contributed by atoms with Crippen molar-refractivity contribution in [1.29, 1.82) is 0 Å². The third-order valence-electron chi connectivity index (χ3n) is 3.99. The summed E-state index contributed by atoms with van der Waals surface area (Å²) in [4.78, 5) is 0. The van der Waals surface area contributed by atoms with E-state index in [1.54, 1.807) is 14.2 Å². The maximum atomic E-state index is 5.93. The van der Waals surface area contributed by atoms with Gasteiger partial charge in [-0.15, -0.1) is 0 Å². The molecule has 1 fully saturated rings. The van der Waals surface area contributed by atoms with Gasteiger partial charge in [-0.3, -0.25) is 0 Å². The molecule has 1 aromatic carbocycles. The van der Waals surface area contributed by atoms with Crippen LogP contribution in [0.1, 0.15) is 37.3 Å². The van der Waals surface area contributed by atoms with Crippen LogP contribution in [0, 0.1) is 5.92 Å². The van der Waals surface area contributed by atoms with E-state index in [1.807, 2.05) is 12.1 Å². The van der Waals surface area contributed by atoms with Crippen molar-refractivity contribution < 1.29 is 9.47 Å². The fourth-order valence-electron chi connectivity index (χ4n) is 2.53. The molecule has 5 heteroatoms. The maximum absolute atomic E-state index is 5.93. The van der Waals surface area contributed by atoms with Gasteiger partial charge in [0.2, 0.25) is 0 Å². The topological polar surface area (TPSA) is 56.5 Å². The monoisotopic (exact) mass is 356 g/mol. The van der Waals surface area contributed by atoms with Gasteiger partial charge in [0.1, 0.15) is 0 Å². The van der Waals surface area contributed by atoms with Crippen LogP contribution in [0.5, 0.6) is 11.5 Å². The highest BCUT2D eigenvalue weighted by atomic mass is 79.9. The Balaban J connectivity index is 2.01. The van der Waals surface area contributed by atoms with Crippen LogP contribution in [0.25, 0.3) is 0 Å². The molecule has 0 spiro atoms. The predicted octanol–water partition coefficient (Wildman–Crippen LogP) is 3.25. The van der Waals surface area contributed by atoms with Crippen LogP contribution >= 0.6 is 15.9 Å². The summed E-state index contributed by atoms with van der Waals surface area (Å²) in [5, 5.41) is 3.55. The molecule has 0 aromatic heterocycles. The Morgan fingerprint density at radius 2 is 1.95 bits per heavy atom. The van der Waals surface area contributed by atoms with Gasteiger partial charge < -0.3 is 20.5 Å². The maximum Gasteiger partial charge on any atom is 0.161 e. The zero-order valence-electron chi connectivity index (χ0n) is 12.8. The lowest BCUT2D eigenvalue weighted by molar-refractivity contribution is 0.353. The second-order valence-electron chi connectivity index (χ2n) is 5.56. The number of methoxy groups -OCH3 is 2. The van der Waals surface area contributed by atoms with Gasteiger partial charge in [0.25, 0.3) is 0 Å². The van der Waals surface area contributed by atoms with Crippen molar-refractivity contribution in [3.05, 3.63) is 22.2 Å². The van der Waals surface area contributed by atoms with Gasteiger partial charge in [0.05, 0.1) is 14.2 Å². The standard InChI is InChI=1S/C16H25BrN2O2/c1-20-15-8-12(13(17)9-16(15)21-2)14(10-18)19-7-3-4-11-5-6-11/h8-9,11,14,19H,3-7,10,18H2,1-2H3. The molecule has 0 radical (unpaired) electrons. The van der Waals surface area contributed by atoms with Crippen LogP contribution in [0.2, 0.25) is 0 Å². The van der Waals surface area contributed by atoms with E-state index in [4.69, 9.17) is 15.2 Å². The summed E-state index contributed by atoms with van der Waals surface area (Å²) in [5.41, 5.74) is 7.05. The Hall–Kier alpha value is -0.780. The normalized spacial score (nSPS) is 15.8. The zero-order valence-corrected chi connectivity index (χ0v) is 14.4. The second kappa shape index (κ2) is 8.01. The Labute approximate surface area is 135 Å². The first-order chi connectivity index (χ1) is 10.2. The Morgan fingerprint density at radius 3 is 2.52 bits per heavy atom. The molecule has 0 amide bonds. The molecule has 1 aromatic rings. The molecule has 0 saturated heterocycles. The van der Waals surface area contributed by atoms with Gasteiger partial charge in [-0.25, -0.2) is 0 Å². The summed E-state index contributed by atoms with van der Waals surface area (Å²) in [6, 6.07) is 4.05. The molecule has 118 valence electrons. The molecule has 1 aliphatic rings. The predicted molar refractivity (Wildman–Crippen MR) is 89.0 cm³/mol. The molecule has 0 bridgehead atoms. The summed E-state index contributed by atoms with van der Waals surface area (Å²) in [6.45, 7) is 1.55. The molecule has 0 heterocycles. The smallest absolute Gasteiger partial charge is 0.161 e. The summed E-state index contributed by atoms with van der Waals surface area (Å²) in [6.07, 6.45) is 5.38. The van der Waals surface area contributed by atoms with E-state index >= 15 is 0 Å². The van der Waals surface area contributed by atoms with Gasteiger partial charge in [-0.05, 0) is 43.0 Å². The minimum atomic E-state index is 0.124. The average Bonchev–Trinajstić information content (AvgIpc) is 3.32. The lowest BCUT2D eigenvalue weighted by Gasteiger charge is -2.20. The van der Waals surface area contributed by atoms with Gasteiger partial charge in [-0.1, -0.05) is 28.8 Å². The van der Waals surface area contributed by atoms with Gasteiger partial charge >= 0.3 is 0 Å². The summed E-state index contributed by atoms with van der Waals surface area (Å²) in [7, 11) is 3.29. The number of halogens is 1. The van der Waals surface area contributed by atoms with Crippen molar-refractivity contribution >= 4 is 15.9 Å². The number of nitrogens with two attached hydrogens (primary N) is 1. The van der Waals surface area contributed by atoms with Crippen LogP contribution in [-0.4, -0.2) is 27.3 Å². The Morgan fingerprint density at radius 1 is 1.29 bits per heavy atom. The third kappa shape index (κ3) is 4.59. The molecule has 1 atom stereocenters. The molecule has 4 nitrogen and oxygen atoms in total. The molecule has 0 aliphatic heterocycles. The Kier molecular flexibility index (Phi) is 6.33. The van der Waals surface area contributed by atoms with Gasteiger partial charge in [0, 0.05) is 17.1 Å². The largest absolute Gasteiger partial charge is 0.493 e. The van der Waals surface area contributed by atoms with Crippen molar-refractivity contribution in [2.24, 2.45) is 11.7 Å². The van der Waals surface area contributed by atoms with Crippen LogP contribution in [-0.2, 0) is 0 Å². The molecular formula is C16H25BrN2O2. The number of hydrogen-bond donors (Lipinski definition) is 2. The first-order valence-corrected chi connectivity index (χ1v) is 8.33. The second-order valence-corrected chi connectivity index (χ2v) is 6.41. The van der Waals surface area contributed by atoms with Crippen LogP contribution in [0.4, 0.5) is 0 Å². The summed E-state index contributed by atoms with van der Waals surface area (Å²) >= 11 is 3.60. The lowest BCUT2D eigenvalue weighted by atomic mass is 10.1. The van der Waals surface area contributed by atoms with Crippen molar-refractivity contribution in [3.8, 4) is 11.5 Å². The van der Waals surface area contributed by atoms with E-state index in [9.17, 15) is 0 Å². The van der Waals surface area contributed by atoms with Crippen LogP contribution in [0.15, 0.2) is 16.6 Å². The quantitative estimate of drug-likeness (QED) is 0.666. The van der Waals surface area contributed by atoms with Crippen molar-refractivity contribution in [2.75, 3.05) is 27.3 Å². The lowest BCUT2D eigenvalue weighted by Crippen LogP contribution is -2.29. The fraction of sp³-hybridized carbons (Fsp3) is 0.625. The molecule has 1 unspecified atom stereocenters. The van der Waals surface area contributed by atoms with Gasteiger partial charge in [0.15, 0.2) is 11.5 Å². The number of benzene rings is 1. The molecule has 1 saturated carbocycles. The first-order valence-electron chi connectivity index (χ1n) is 7.54. The SMILES string of the molecule is COc1cc(Br)c(C(CN)NCCCC2CC2)cc1OC. The van der Waals surface area contributed by atoms with E-state index in [0.717, 1.165) is 34.0 Å². The molecule has 3 N–H and O–H groups in total. The molecule has 1 aliphatic carbocycles. The van der Waals surface area contributed by atoms with E-state index in [-0.39, 0.29) is 6.04 Å². The minimum Gasteiger partial charge on any atom is -0.493 e.